The quantitative estimate of drug-likeness (QED) is 0.0889. The molecule has 0 aliphatic carbocycles. The number of hydrogen-bond donors (Lipinski definition) is 6. The highest BCUT2D eigenvalue weighted by Gasteiger charge is 2.11. The van der Waals surface area contributed by atoms with Crippen molar-refractivity contribution in [2.75, 3.05) is 34.4 Å². The number of benzene rings is 6. The zero-order valence-electron chi connectivity index (χ0n) is 32.9. The molecule has 0 radical (unpaired) electrons. The van der Waals surface area contributed by atoms with Crippen molar-refractivity contribution < 1.29 is 0 Å². The van der Waals surface area contributed by atoms with E-state index in [0.717, 1.165) is 101 Å². The maximum absolute atomic E-state index is 5.93. The fourth-order valence-electron chi connectivity index (χ4n) is 6.69. The molecule has 9 nitrogen and oxygen atoms in total. The average Bonchev–Trinajstić information content (AvgIpc) is 3.29. The standard InChI is InChI=1S/3C17H15N3/c18-14-3-1-12(2-4-14)16-6-5-15(19)11-17(16)13-7-9-20-10-8-13;18-14-5-3-12(4-6-14)16-8-7-15(19)10-17(16)13-2-1-9-20-11-13;18-13-6-4-12(5-7-13)15-9-8-14(19)11-16(15)17-3-1-2-10-20-17/h3*1-11H,18-19H2. The van der Waals surface area contributed by atoms with Gasteiger partial charge in [0.2, 0.25) is 0 Å². The van der Waals surface area contributed by atoms with Gasteiger partial charge in [0.15, 0.2) is 0 Å². The summed E-state index contributed by atoms with van der Waals surface area (Å²) in [6, 6.07) is 55.0. The molecule has 0 spiro atoms. The Morgan fingerprint density at radius 1 is 0.267 bits per heavy atom. The number of nitrogens with two attached hydrogens (primary N) is 6. The molecule has 60 heavy (non-hydrogen) atoms. The van der Waals surface area contributed by atoms with Gasteiger partial charge < -0.3 is 34.4 Å². The van der Waals surface area contributed by atoms with Crippen LogP contribution in [0.15, 0.2) is 201 Å². The summed E-state index contributed by atoms with van der Waals surface area (Å²) >= 11 is 0. The molecule has 9 heteroatoms. The average molecular weight is 784 g/mol. The normalized spacial score (nSPS) is 10.4. The van der Waals surface area contributed by atoms with Gasteiger partial charge in [-0.2, -0.15) is 0 Å². The zero-order valence-corrected chi connectivity index (χ0v) is 32.9. The van der Waals surface area contributed by atoms with Gasteiger partial charge in [0.25, 0.3) is 0 Å². The number of rotatable bonds is 6. The summed E-state index contributed by atoms with van der Waals surface area (Å²) in [5.41, 5.74) is 52.4. The van der Waals surface area contributed by atoms with Crippen LogP contribution in [-0.2, 0) is 0 Å². The Hall–Kier alpha value is -8.43. The first-order valence-corrected chi connectivity index (χ1v) is 19.2. The SMILES string of the molecule is Nc1ccc(-c2ccc(N)cc2-c2ccccn2)cc1.Nc1ccc(-c2ccc(N)cc2-c2cccnc2)cc1.Nc1ccc(-c2ccc(N)cc2-c2ccncc2)cc1. The third-order valence-electron chi connectivity index (χ3n) is 9.70. The first-order chi connectivity index (χ1) is 29.2. The predicted octanol–water partition coefficient (Wildman–Crippen LogP) is 10.7. The number of anilines is 6. The third kappa shape index (κ3) is 9.92. The van der Waals surface area contributed by atoms with Gasteiger partial charge in [-0.15, -0.1) is 0 Å². The van der Waals surface area contributed by atoms with E-state index in [-0.39, 0.29) is 0 Å². The van der Waals surface area contributed by atoms with Crippen LogP contribution >= 0.6 is 0 Å². The van der Waals surface area contributed by atoms with Gasteiger partial charge in [-0.25, -0.2) is 0 Å². The van der Waals surface area contributed by atoms with E-state index in [0.29, 0.717) is 0 Å². The lowest BCUT2D eigenvalue weighted by Crippen LogP contribution is -1.92. The third-order valence-corrected chi connectivity index (χ3v) is 9.70. The van der Waals surface area contributed by atoms with Crippen molar-refractivity contribution in [2.24, 2.45) is 0 Å². The Morgan fingerprint density at radius 2 is 0.683 bits per heavy atom. The molecule has 0 bridgehead atoms. The molecular weight excluding hydrogens is 739 g/mol. The molecule has 294 valence electrons. The maximum atomic E-state index is 5.93. The maximum Gasteiger partial charge on any atom is 0.0708 e. The van der Waals surface area contributed by atoms with Crippen LogP contribution in [0.5, 0.6) is 0 Å². The Balaban J connectivity index is 0.000000136. The second-order valence-electron chi connectivity index (χ2n) is 14.0. The summed E-state index contributed by atoms with van der Waals surface area (Å²) in [6.07, 6.45) is 8.95. The highest BCUT2D eigenvalue weighted by Crippen LogP contribution is 2.36. The number of hydrogen-bond acceptors (Lipinski definition) is 9. The number of nitrogens with zero attached hydrogens (tertiary/aromatic N) is 3. The fourth-order valence-corrected chi connectivity index (χ4v) is 6.69. The lowest BCUT2D eigenvalue weighted by molar-refractivity contribution is 1.33. The molecule has 9 aromatic rings. The van der Waals surface area contributed by atoms with Crippen LogP contribution in [-0.4, -0.2) is 15.0 Å². The van der Waals surface area contributed by atoms with Gasteiger partial charge in [0.05, 0.1) is 5.69 Å². The highest BCUT2D eigenvalue weighted by molar-refractivity contribution is 5.87. The van der Waals surface area contributed by atoms with Crippen LogP contribution in [0.3, 0.4) is 0 Å². The minimum atomic E-state index is 0.727. The van der Waals surface area contributed by atoms with Crippen molar-refractivity contribution in [1.82, 2.24) is 15.0 Å². The molecule has 6 aromatic carbocycles. The monoisotopic (exact) mass is 783 g/mol. The van der Waals surface area contributed by atoms with Crippen LogP contribution in [0.25, 0.3) is 66.9 Å². The van der Waals surface area contributed by atoms with E-state index in [2.05, 4.69) is 15.0 Å². The van der Waals surface area contributed by atoms with Crippen LogP contribution in [0.1, 0.15) is 0 Å². The molecule has 0 aliphatic rings. The highest BCUT2D eigenvalue weighted by atomic mass is 14.7. The lowest BCUT2D eigenvalue weighted by atomic mass is 9.94. The van der Waals surface area contributed by atoms with E-state index in [1.807, 2.05) is 176 Å². The van der Waals surface area contributed by atoms with Crippen molar-refractivity contribution in [2.45, 2.75) is 0 Å². The Labute approximate surface area is 350 Å². The molecule has 0 amide bonds. The Bertz CT molecular complexity index is 2470. The van der Waals surface area contributed by atoms with E-state index >= 15 is 0 Å². The molecule has 0 unspecified atom stereocenters. The summed E-state index contributed by atoms with van der Waals surface area (Å²) in [5, 5.41) is 0. The molecule has 0 atom stereocenters. The molecule has 9 rings (SSSR count). The Kier molecular flexibility index (Phi) is 12.4. The molecule has 12 N–H and O–H groups in total. The van der Waals surface area contributed by atoms with Crippen LogP contribution in [0.2, 0.25) is 0 Å². The topological polar surface area (TPSA) is 195 Å². The lowest BCUT2D eigenvalue weighted by Gasteiger charge is -2.11. The first-order valence-electron chi connectivity index (χ1n) is 19.2. The smallest absolute Gasteiger partial charge is 0.0708 e. The summed E-state index contributed by atoms with van der Waals surface area (Å²) < 4.78 is 0. The first kappa shape index (κ1) is 39.8. The van der Waals surface area contributed by atoms with Crippen LogP contribution in [0, 0.1) is 0 Å². The minimum absolute atomic E-state index is 0.727. The van der Waals surface area contributed by atoms with Crippen LogP contribution < -0.4 is 34.4 Å². The van der Waals surface area contributed by atoms with E-state index in [1.54, 1.807) is 24.8 Å². The van der Waals surface area contributed by atoms with E-state index in [4.69, 9.17) is 34.4 Å². The van der Waals surface area contributed by atoms with E-state index < -0.39 is 0 Å². The molecule has 0 saturated heterocycles. The molecular formula is C51H45N9. The van der Waals surface area contributed by atoms with Gasteiger partial charge in [-0.05, 0) is 153 Å². The second-order valence-corrected chi connectivity index (χ2v) is 14.0. The van der Waals surface area contributed by atoms with Crippen molar-refractivity contribution in [3.63, 3.8) is 0 Å². The van der Waals surface area contributed by atoms with Gasteiger partial charge in [-0.1, -0.05) is 66.7 Å². The molecule has 0 saturated carbocycles. The van der Waals surface area contributed by atoms with Gasteiger partial charge in [-0.3, -0.25) is 15.0 Å². The summed E-state index contributed by atoms with van der Waals surface area (Å²) in [5.74, 6) is 0. The number of pyridine rings is 3. The van der Waals surface area contributed by atoms with Crippen molar-refractivity contribution in [3.05, 3.63) is 201 Å². The molecule has 0 fully saturated rings. The van der Waals surface area contributed by atoms with Crippen molar-refractivity contribution >= 4 is 34.1 Å². The van der Waals surface area contributed by atoms with E-state index in [1.165, 1.54) is 0 Å². The van der Waals surface area contributed by atoms with Crippen molar-refractivity contribution in [1.29, 1.82) is 0 Å². The minimum Gasteiger partial charge on any atom is -0.399 e. The van der Waals surface area contributed by atoms with Crippen molar-refractivity contribution in [3.8, 4) is 66.9 Å². The van der Waals surface area contributed by atoms with Gasteiger partial charge in [0.1, 0.15) is 0 Å². The predicted molar refractivity (Wildman–Crippen MR) is 252 cm³/mol. The molecule has 0 aliphatic heterocycles. The number of aromatic nitrogens is 3. The molecule has 3 aromatic heterocycles. The number of nitrogen functional groups attached to an aromatic ring is 6. The zero-order chi connectivity index (χ0) is 41.8. The van der Waals surface area contributed by atoms with Gasteiger partial charge in [0, 0.05) is 76.2 Å². The second kappa shape index (κ2) is 18.7. The largest absolute Gasteiger partial charge is 0.399 e. The van der Waals surface area contributed by atoms with E-state index in [9.17, 15) is 0 Å². The summed E-state index contributed by atoms with van der Waals surface area (Å²) in [6.45, 7) is 0. The van der Waals surface area contributed by atoms with Gasteiger partial charge >= 0.3 is 0 Å². The fraction of sp³-hybridized carbons (Fsp3) is 0. The summed E-state index contributed by atoms with van der Waals surface area (Å²) in [7, 11) is 0. The molecule has 3 heterocycles. The Morgan fingerprint density at radius 3 is 1.12 bits per heavy atom. The van der Waals surface area contributed by atoms with Crippen LogP contribution in [0.4, 0.5) is 34.1 Å². The summed E-state index contributed by atoms with van der Waals surface area (Å²) in [4.78, 5) is 12.7.